The number of aromatic nitrogens is 1. The van der Waals surface area contributed by atoms with Crippen LogP contribution in [0.25, 0.3) is 0 Å². The number of hydrogen-bond acceptors (Lipinski definition) is 2. The fourth-order valence-corrected chi connectivity index (χ4v) is 2.21. The van der Waals surface area contributed by atoms with Crippen LogP contribution >= 0.6 is 34.2 Å². The summed E-state index contributed by atoms with van der Waals surface area (Å²) in [5, 5.41) is 8.17. The minimum Gasteiger partial charge on any atom is -0.239 e. The number of alkyl halides is 2. The van der Waals surface area contributed by atoms with Gasteiger partial charge in [0.25, 0.3) is 6.43 Å². The van der Waals surface area contributed by atoms with Crippen molar-refractivity contribution < 1.29 is 8.78 Å². The van der Waals surface area contributed by atoms with E-state index >= 15 is 0 Å². The van der Waals surface area contributed by atoms with Gasteiger partial charge < -0.3 is 0 Å². The van der Waals surface area contributed by atoms with Gasteiger partial charge in [0.05, 0.1) is 23.7 Å². The van der Waals surface area contributed by atoms with Gasteiger partial charge in [-0.15, -0.1) is 0 Å². The summed E-state index contributed by atoms with van der Waals surface area (Å²) in [7, 11) is 0. The first-order valence-electron chi connectivity index (χ1n) is 3.56. The molecule has 1 heterocycles. The molecule has 0 N–H and O–H groups in total. The fraction of sp³-hybridized carbons (Fsp3) is 0.250. The van der Waals surface area contributed by atoms with E-state index in [-0.39, 0.29) is 17.1 Å². The Hall–Kier alpha value is -0.480. The van der Waals surface area contributed by atoms with Crippen LogP contribution in [0.1, 0.15) is 17.7 Å². The predicted molar refractivity (Wildman–Crippen MR) is 56.2 cm³/mol. The topological polar surface area (TPSA) is 36.7 Å². The Morgan fingerprint density at radius 1 is 1.64 bits per heavy atom. The second kappa shape index (κ2) is 4.84. The van der Waals surface area contributed by atoms with Crippen LogP contribution in [0.4, 0.5) is 8.78 Å². The molecule has 0 aliphatic carbocycles. The van der Waals surface area contributed by atoms with Crippen molar-refractivity contribution in [3.05, 3.63) is 26.0 Å². The Morgan fingerprint density at radius 2 is 2.29 bits per heavy atom. The van der Waals surface area contributed by atoms with E-state index in [0.29, 0.717) is 9.26 Å². The number of nitrogens with zero attached hydrogens (tertiary/aromatic N) is 2. The summed E-state index contributed by atoms with van der Waals surface area (Å²) in [6.07, 6.45) is -2.57. The SMILES string of the molecule is N#CCc1cc(I)c(C(F)F)c(Cl)n1. The highest BCUT2D eigenvalue weighted by atomic mass is 127. The van der Waals surface area contributed by atoms with Gasteiger partial charge in [0.1, 0.15) is 5.15 Å². The third-order valence-corrected chi connectivity index (χ3v) is 2.67. The number of rotatable bonds is 2. The predicted octanol–water partition coefficient (Wildman–Crippen LogP) is 3.34. The summed E-state index contributed by atoms with van der Waals surface area (Å²) in [5.74, 6) is 0. The van der Waals surface area contributed by atoms with Crippen molar-refractivity contribution >= 4 is 34.2 Å². The Labute approximate surface area is 98.0 Å². The fourth-order valence-electron chi connectivity index (χ4n) is 0.907. The number of nitriles is 1. The van der Waals surface area contributed by atoms with Crippen LogP contribution in [0.5, 0.6) is 0 Å². The molecule has 0 bridgehead atoms. The monoisotopic (exact) mass is 328 g/mol. The van der Waals surface area contributed by atoms with E-state index in [4.69, 9.17) is 16.9 Å². The van der Waals surface area contributed by atoms with Crippen molar-refractivity contribution in [1.82, 2.24) is 4.98 Å². The highest BCUT2D eigenvalue weighted by Gasteiger charge is 2.18. The summed E-state index contributed by atoms with van der Waals surface area (Å²) in [5.41, 5.74) is 0.139. The third-order valence-electron chi connectivity index (χ3n) is 1.49. The van der Waals surface area contributed by atoms with Gasteiger partial charge in [-0.2, -0.15) is 5.26 Å². The van der Waals surface area contributed by atoms with Gasteiger partial charge in [0, 0.05) is 3.57 Å². The van der Waals surface area contributed by atoms with Gasteiger partial charge in [-0.1, -0.05) is 11.6 Å². The molecule has 0 aliphatic rings. The first-order valence-corrected chi connectivity index (χ1v) is 5.02. The van der Waals surface area contributed by atoms with Crippen molar-refractivity contribution in [2.24, 2.45) is 0 Å². The molecular formula is C8H4ClF2IN2. The van der Waals surface area contributed by atoms with Crippen LogP contribution < -0.4 is 0 Å². The van der Waals surface area contributed by atoms with E-state index in [2.05, 4.69) is 4.98 Å². The maximum atomic E-state index is 12.4. The summed E-state index contributed by atoms with van der Waals surface area (Å²) in [6, 6.07) is 3.32. The van der Waals surface area contributed by atoms with Crippen molar-refractivity contribution in [3.63, 3.8) is 0 Å². The molecule has 2 nitrogen and oxygen atoms in total. The zero-order valence-corrected chi connectivity index (χ0v) is 9.68. The van der Waals surface area contributed by atoms with Gasteiger partial charge >= 0.3 is 0 Å². The van der Waals surface area contributed by atoms with E-state index in [9.17, 15) is 8.78 Å². The molecule has 0 fully saturated rings. The molecule has 74 valence electrons. The molecule has 0 atom stereocenters. The van der Waals surface area contributed by atoms with Crippen molar-refractivity contribution in [2.45, 2.75) is 12.8 Å². The van der Waals surface area contributed by atoms with Crippen LogP contribution in [0.3, 0.4) is 0 Å². The van der Waals surface area contributed by atoms with Crippen molar-refractivity contribution in [1.29, 1.82) is 5.26 Å². The largest absolute Gasteiger partial charge is 0.267 e. The lowest BCUT2D eigenvalue weighted by molar-refractivity contribution is 0.150. The number of pyridine rings is 1. The van der Waals surface area contributed by atoms with Gasteiger partial charge in [-0.05, 0) is 28.7 Å². The maximum Gasteiger partial charge on any atom is 0.267 e. The molecule has 0 saturated heterocycles. The first-order chi connectivity index (χ1) is 6.56. The molecule has 0 saturated carbocycles. The van der Waals surface area contributed by atoms with Crippen LogP contribution in [-0.2, 0) is 6.42 Å². The lowest BCUT2D eigenvalue weighted by Crippen LogP contribution is -1.98. The highest BCUT2D eigenvalue weighted by molar-refractivity contribution is 14.1. The molecule has 0 aromatic carbocycles. The second-order valence-electron chi connectivity index (χ2n) is 2.44. The van der Waals surface area contributed by atoms with Crippen LogP contribution in [-0.4, -0.2) is 4.98 Å². The van der Waals surface area contributed by atoms with E-state index in [0.717, 1.165) is 0 Å². The Morgan fingerprint density at radius 3 is 2.71 bits per heavy atom. The quantitative estimate of drug-likeness (QED) is 0.617. The zero-order chi connectivity index (χ0) is 10.7. The van der Waals surface area contributed by atoms with Gasteiger partial charge in [-0.3, -0.25) is 0 Å². The van der Waals surface area contributed by atoms with Crippen LogP contribution in [0.2, 0.25) is 5.15 Å². The van der Waals surface area contributed by atoms with Gasteiger partial charge in [0.15, 0.2) is 0 Å². The van der Waals surface area contributed by atoms with E-state index < -0.39 is 6.43 Å². The molecule has 14 heavy (non-hydrogen) atoms. The van der Waals surface area contributed by atoms with E-state index in [1.807, 2.05) is 6.07 Å². The minimum atomic E-state index is -2.64. The molecule has 1 aromatic heterocycles. The first kappa shape index (κ1) is 11.6. The third kappa shape index (κ3) is 2.51. The standard InChI is InChI=1S/C8H4ClF2IN2/c9-7-6(8(10)11)5(12)3-4(14-7)1-2-13/h3,8H,1H2. The molecule has 1 aromatic rings. The molecule has 1 rings (SSSR count). The summed E-state index contributed by atoms with van der Waals surface area (Å²) in [6.45, 7) is 0. The Kier molecular flexibility index (Phi) is 4.01. The molecular weight excluding hydrogens is 324 g/mol. The molecule has 0 radical (unpaired) electrons. The normalized spacial score (nSPS) is 10.3. The highest BCUT2D eigenvalue weighted by Crippen LogP contribution is 2.30. The second-order valence-corrected chi connectivity index (χ2v) is 3.96. The van der Waals surface area contributed by atoms with E-state index in [1.165, 1.54) is 6.07 Å². The van der Waals surface area contributed by atoms with Crippen molar-refractivity contribution in [2.75, 3.05) is 0 Å². The van der Waals surface area contributed by atoms with Gasteiger partial charge in [-0.25, -0.2) is 13.8 Å². The molecule has 0 amide bonds. The number of halogens is 4. The Bertz CT molecular complexity index is 366. The van der Waals surface area contributed by atoms with Gasteiger partial charge in [0.2, 0.25) is 0 Å². The summed E-state index contributed by atoms with van der Waals surface area (Å²) >= 11 is 7.31. The molecule has 6 heteroatoms. The van der Waals surface area contributed by atoms with E-state index in [1.54, 1.807) is 22.6 Å². The van der Waals surface area contributed by atoms with Crippen molar-refractivity contribution in [3.8, 4) is 6.07 Å². The average molecular weight is 328 g/mol. The average Bonchev–Trinajstić information content (AvgIpc) is 2.01. The van der Waals surface area contributed by atoms with Crippen LogP contribution in [0.15, 0.2) is 6.07 Å². The number of hydrogen-bond donors (Lipinski definition) is 0. The molecule has 0 spiro atoms. The minimum absolute atomic E-state index is 0.0687. The molecule has 0 aliphatic heterocycles. The summed E-state index contributed by atoms with van der Waals surface area (Å²) in [4.78, 5) is 3.70. The summed E-state index contributed by atoms with van der Waals surface area (Å²) < 4.78 is 25.2. The maximum absolute atomic E-state index is 12.4. The van der Waals surface area contributed by atoms with Crippen LogP contribution in [0, 0.1) is 14.9 Å². The smallest absolute Gasteiger partial charge is 0.239 e. The lowest BCUT2D eigenvalue weighted by atomic mass is 10.2. The zero-order valence-electron chi connectivity index (χ0n) is 6.77. The Balaban J connectivity index is 3.19. The lowest BCUT2D eigenvalue weighted by Gasteiger charge is -2.06. The molecule has 0 unspecified atom stereocenters.